The van der Waals surface area contributed by atoms with E-state index in [9.17, 15) is 18.0 Å². The Morgan fingerprint density at radius 2 is 1.56 bits per heavy atom. The lowest BCUT2D eigenvalue weighted by molar-refractivity contribution is -0.137. The molecule has 1 N–H and O–H groups in total. The lowest BCUT2D eigenvalue weighted by atomic mass is 9.88. The number of nitrogens with one attached hydrogen (secondary N) is 1. The van der Waals surface area contributed by atoms with Gasteiger partial charge in [0.05, 0.1) is 5.56 Å². The number of likely N-dealkylation sites (tertiary alicyclic amines) is 1. The molecule has 3 unspecified atom stereocenters. The number of halogens is 3. The summed E-state index contributed by atoms with van der Waals surface area (Å²) in [6.07, 6.45) is -1.95. The third-order valence-electron chi connectivity index (χ3n) is 7.73. The Bertz CT molecular complexity index is 1130. The molecule has 1 aliphatic carbocycles. The highest BCUT2D eigenvalue weighted by molar-refractivity contribution is 5.78. The first kappa shape index (κ1) is 24.6. The highest BCUT2D eigenvalue weighted by Crippen LogP contribution is 2.39. The van der Waals surface area contributed by atoms with Crippen LogP contribution in [0.15, 0.2) is 84.9 Å². The summed E-state index contributed by atoms with van der Waals surface area (Å²) in [5.41, 5.74) is 2.32. The second kappa shape index (κ2) is 10.5. The molecule has 5 rings (SSSR count). The van der Waals surface area contributed by atoms with Crippen molar-refractivity contribution in [1.29, 1.82) is 0 Å². The molecule has 188 valence electrons. The number of amides is 1. The molecule has 2 aliphatic rings. The van der Waals surface area contributed by atoms with Crippen LogP contribution < -0.4 is 5.32 Å². The Hall–Kier alpha value is -3.12. The van der Waals surface area contributed by atoms with Gasteiger partial charge in [0.1, 0.15) is 0 Å². The molecule has 2 fully saturated rings. The summed E-state index contributed by atoms with van der Waals surface area (Å²) in [4.78, 5) is 15.5. The molecule has 1 aliphatic heterocycles. The number of fused-ring (bicyclic) bond motifs is 1. The van der Waals surface area contributed by atoms with E-state index in [0.29, 0.717) is 30.4 Å². The van der Waals surface area contributed by atoms with Gasteiger partial charge in [0, 0.05) is 38.0 Å². The first-order valence-corrected chi connectivity index (χ1v) is 12.6. The Labute approximate surface area is 210 Å². The zero-order valence-electron chi connectivity index (χ0n) is 20.1. The van der Waals surface area contributed by atoms with Crippen molar-refractivity contribution in [3.63, 3.8) is 0 Å². The zero-order valence-corrected chi connectivity index (χ0v) is 20.1. The van der Waals surface area contributed by atoms with Gasteiger partial charge in [-0.15, -0.1) is 0 Å². The monoisotopic (exact) mass is 492 g/mol. The van der Waals surface area contributed by atoms with Crippen LogP contribution in [0.2, 0.25) is 0 Å². The van der Waals surface area contributed by atoms with Crippen LogP contribution in [0.25, 0.3) is 0 Å². The maximum atomic E-state index is 13.2. The van der Waals surface area contributed by atoms with E-state index >= 15 is 0 Å². The molecule has 1 amide bonds. The smallest absolute Gasteiger partial charge is 0.353 e. The average molecular weight is 493 g/mol. The molecular formula is C30H31F3N2O. The van der Waals surface area contributed by atoms with Crippen LogP contribution in [-0.4, -0.2) is 29.9 Å². The van der Waals surface area contributed by atoms with Gasteiger partial charge >= 0.3 is 6.18 Å². The van der Waals surface area contributed by atoms with Gasteiger partial charge in [-0.1, -0.05) is 78.9 Å². The average Bonchev–Trinajstić information content (AvgIpc) is 3.44. The van der Waals surface area contributed by atoms with E-state index in [0.717, 1.165) is 43.1 Å². The minimum atomic E-state index is -4.33. The fraction of sp³-hybridized carbons (Fsp3) is 0.367. The Kier molecular flexibility index (Phi) is 7.15. The van der Waals surface area contributed by atoms with Crippen LogP contribution in [0, 0.1) is 11.8 Å². The molecular weight excluding hydrogens is 461 g/mol. The molecule has 3 aromatic carbocycles. The first-order valence-electron chi connectivity index (χ1n) is 12.6. The molecule has 0 bridgehead atoms. The van der Waals surface area contributed by atoms with Crippen molar-refractivity contribution in [2.45, 2.75) is 43.9 Å². The summed E-state index contributed by atoms with van der Waals surface area (Å²) in [7, 11) is 0. The number of benzene rings is 3. The van der Waals surface area contributed by atoms with Gasteiger partial charge in [-0.05, 0) is 47.4 Å². The van der Waals surface area contributed by atoms with Crippen LogP contribution in [0.5, 0.6) is 0 Å². The maximum Gasteiger partial charge on any atom is 0.416 e. The first-order chi connectivity index (χ1) is 17.4. The summed E-state index contributed by atoms with van der Waals surface area (Å²) >= 11 is 0. The SMILES string of the molecule is O=C(CC(c1ccccc1)c1ccccc1)NC1CCC2CN(Cc3cccc(C(F)(F)F)c3)CC21. The Morgan fingerprint density at radius 1 is 0.889 bits per heavy atom. The maximum absolute atomic E-state index is 13.2. The molecule has 6 heteroatoms. The van der Waals surface area contributed by atoms with Gasteiger partial charge in [0.25, 0.3) is 0 Å². The molecule has 3 atom stereocenters. The van der Waals surface area contributed by atoms with E-state index in [-0.39, 0.29) is 17.9 Å². The van der Waals surface area contributed by atoms with Gasteiger partial charge in [0.2, 0.25) is 5.91 Å². The van der Waals surface area contributed by atoms with E-state index in [2.05, 4.69) is 34.5 Å². The lowest BCUT2D eigenvalue weighted by Crippen LogP contribution is -2.40. The van der Waals surface area contributed by atoms with Crippen LogP contribution in [0.1, 0.15) is 47.4 Å². The number of rotatable bonds is 7. The van der Waals surface area contributed by atoms with E-state index in [1.54, 1.807) is 6.07 Å². The third kappa shape index (κ3) is 5.65. The fourth-order valence-electron chi connectivity index (χ4n) is 6.02. The molecule has 0 radical (unpaired) electrons. The van der Waals surface area contributed by atoms with Crippen molar-refractivity contribution in [2.24, 2.45) is 11.8 Å². The Balaban J connectivity index is 1.21. The summed E-state index contributed by atoms with van der Waals surface area (Å²) in [6, 6.07) is 26.0. The number of carbonyl (C=O) groups excluding carboxylic acids is 1. The van der Waals surface area contributed by atoms with E-state index in [1.807, 2.05) is 36.4 Å². The molecule has 1 saturated carbocycles. The number of nitrogens with zero attached hydrogens (tertiary/aromatic N) is 1. The largest absolute Gasteiger partial charge is 0.416 e. The van der Waals surface area contributed by atoms with Gasteiger partial charge in [-0.3, -0.25) is 9.69 Å². The molecule has 0 aromatic heterocycles. The summed E-state index contributed by atoms with van der Waals surface area (Å²) in [5.74, 6) is 0.854. The van der Waals surface area contributed by atoms with Crippen LogP contribution in [0.3, 0.4) is 0 Å². The van der Waals surface area contributed by atoms with Gasteiger partial charge < -0.3 is 5.32 Å². The molecule has 3 nitrogen and oxygen atoms in total. The molecule has 3 aromatic rings. The second-order valence-electron chi connectivity index (χ2n) is 10.1. The van der Waals surface area contributed by atoms with Gasteiger partial charge in [-0.2, -0.15) is 13.2 Å². The van der Waals surface area contributed by atoms with Crippen molar-refractivity contribution in [3.05, 3.63) is 107 Å². The van der Waals surface area contributed by atoms with Gasteiger partial charge in [-0.25, -0.2) is 0 Å². The van der Waals surface area contributed by atoms with E-state index < -0.39 is 11.7 Å². The highest BCUT2D eigenvalue weighted by Gasteiger charge is 2.43. The quantitative estimate of drug-likeness (QED) is 0.423. The van der Waals surface area contributed by atoms with E-state index in [1.165, 1.54) is 12.1 Å². The van der Waals surface area contributed by atoms with Crippen LogP contribution in [-0.2, 0) is 17.5 Å². The van der Waals surface area contributed by atoms with Crippen LogP contribution in [0.4, 0.5) is 13.2 Å². The second-order valence-corrected chi connectivity index (χ2v) is 10.1. The summed E-state index contributed by atoms with van der Waals surface area (Å²) in [6.45, 7) is 2.16. The van der Waals surface area contributed by atoms with Crippen molar-refractivity contribution in [3.8, 4) is 0 Å². The standard InChI is InChI=1S/C30H31F3N2O/c31-30(32,33)25-13-7-8-21(16-25)18-35-19-24-14-15-28(27(24)20-35)34-29(36)17-26(22-9-3-1-4-10-22)23-11-5-2-6-12-23/h1-13,16,24,26-28H,14-15,17-20H2,(H,34,36). The number of hydrogen-bond donors (Lipinski definition) is 1. The highest BCUT2D eigenvalue weighted by atomic mass is 19.4. The number of carbonyl (C=O) groups is 1. The normalized spacial score (nSPS) is 22.1. The minimum absolute atomic E-state index is 0.00872. The fourth-order valence-corrected chi connectivity index (χ4v) is 6.02. The van der Waals surface area contributed by atoms with E-state index in [4.69, 9.17) is 0 Å². The lowest BCUT2D eigenvalue weighted by Gasteiger charge is -2.24. The van der Waals surface area contributed by atoms with Crippen molar-refractivity contribution < 1.29 is 18.0 Å². The van der Waals surface area contributed by atoms with Crippen molar-refractivity contribution >= 4 is 5.91 Å². The Morgan fingerprint density at radius 3 is 2.19 bits per heavy atom. The summed E-state index contributed by atoms with van der Waals surface area (Å²) in [5, 5.41) is 3.32. The van der Waals surface area contributed by atoms with Crippen LogP contribution >= 0.6 is 0 Å². The zero-order chi connectivity index (χ0) is 25.1. The molecule has 1 saturated heterocycles. The molecule has 0 spiro atoms. The number of alkyl halides is 3. The topological polar surface area (TPSA) is 32.3 Å². The number of hydrogen-bond acceptors (Lipinski definition) is 2. The third-order valence-corrected chi connectivity index (χ3v) is 7.73. The molecule has 36 heavy (non-hydrogen) atoms. The molecule has 1 heterocycles. The van der Waals surface area contributed by atoms with Crippen molar-refractivity contribution in [1.82, 2.24) is 10.2 Å². The minimum Gasteiger partial charge on any atom is -0.353 e. The predicted molar refractivity (Wildman–Crippen MR) is 134 cm³/mol. The van der Waals surface area contributed by atoms with Crippen molar-refractivity contribution in [2.75, 3.05) is 13.1 Å². The predicted octanol–water partition coefficient (Wildman–Crippen LogP) is 6.25. The summed E-state index contributed by atoms with van der Waals surface area (Å²) < 4.78 is 39.3. The van der Waals surface area contributed by atoms with Gasteiger partial charge in [0.15, 0.2) is 0 Å².